The van der Waals surface area contributed by atoms with Gasteiger partial charge in [0.15, 0.2) is 0 Å². The van der Waals surface area contributed by atoms with Gasteiger partial charge in [-0.25, -0.2) is 9.67 Å². The third-order valence-corrected chi connectivity index (χ3v) is 4.66. The molecule has 1 saturated heterocycles. The fraction of sp³-hybridized carbons (Fsp3) is 0.625. The summed E-state index contributed by atoms with van der Waals surface area (Å²) in [5, 5.41) is 4.38. The first-order valence-electron chi connectivity index (χ1n) is 8.20. The van der Waals surface area contributed by atoms with Crippen LogP contribution in [-0.4, -0.2) is 44.8 Å². The Balaban J connectivity index is 1.73. The molecule has 6 nitrogen and oxygen atoms in total. The van der Waals surface area contributed by atoms with Gasteiger partial charge in [0.2, 0.25) is 5.88 Å². The van der Waals surface area contributed by atoms with Crippen molar-refractivity contribution in [3.63, 3.8) is 0 Å². The Labute approximate surface area is 144 Å². The number of rotatable bonds is 4. The minimum Gasteiger partial charge on any atom is -0.481 e. The molecule has 138 valence electrons. The standard InChI is InChI=1S/C16H22F3N5O/c1-10-12(15(25-3)23(2)22-10)9-24-6-4-5-11(8-24)14-20-7-13(21-14)16(17,18)19/h7,11H,4-6,8-9H2,1-3H3,(H,20,21)/t11-/m0/s1. The van der Waals surface area contributed by atoms with E-state index in [4.69, 9.17) is 4.74 Å². The molecule has 1 aliphatic rings. The second-order valence-corrected chi connectivity index (χ2v) is 6.45. The summed E-state index contributed by atoms with van der Waals surface area (Å²) < 4.78 is 45.4. The average Bonchev–Trinajstić information content (AvgIpc) is 3.13. The lowest BCUT2D eigenvalue weighted by Crippen LogP contribution is -2.34. The van der Waals surface area contributed by atoms with E-state index in [0.29, 0.717) is 18.9 Å². The summed E-state index contributed by atoms with van der Waals surface area (Å²) >= 11 is 0. The van der Waals surface area contributed by atoms with Crippen molar-refractivity contribution in [1.82, 2.24) is 24.6 Å². The Bertz CT molecular complexity index is 737. The average molecular weight is 357 g/mol. The predicted octanol–water partition coefficient (Wildman–Crippen LogP) is 2.86. The van der Waals surface area contributed by atoms with Crippen LogP contribution < -0.4 is 4.74 Å². The highest BCUT2D eigenvalue weighted by Gasteiger charge is 2.34. The van der Waals surface area contributed by atoms with Crippen molar-refractivity contribution in [2.24, 2.45) is 7.05 Å². The van der Waals surface area contributed by atoms with E-state index in [1.807, 2.05) is 14.0 Å². The molecule has 1 fully saturated rings. The quantitative estimate of drug-likeness (QED) is 0.914. The van der Waals surface area contributed by atoms with Crippen LogP contribution in [0.25, 0.3) is 0 Å². The maximum atomic E-state index is 12.8. The van der Waals surface area contributed by atoms with Gasteiger partial charge in [-0.05, 0) is 26.3 Å². The second kappa shape index (κ2) is 6.70. The third kappa shape index (κ3) is 3.65. The molecule has 0 spiro atoms. The minimum absolute atomic E-state index is 0.0344. The second-order valence-electron chi connectivity index (χ2n) is 6.45. The summed E-state index contributed by atoms with van der Waals surface area (Å²) in [4.78, 5) is 8.62. The number of imidazole rings is 1. The summed E-state index contributed by atoms with van der Waals surface area (Å²) in [5.74, 6) is 1.09. The molecule has 0 unspecified atom stereocenters. The van der Waals surface area contributed by atoms with Gasteiger partial charge in [0.05, 0.1) is 24.6 Å². The van der Waals surface area contributed by atoms with E-state index in [9.17, 15) is 13.2 Å². The van der Waals surface area contributed by atoms with E-state index in [1.54, 1.807) is 11.8 Å². The van der Waals surface area contributed by atoms with Crippen LogP contribution in [0.15, 0.2) is 6.20 Å². The van der Waals surface area contributed by atoms with Crippen molar-refractivity contribution >= 4 is 0 Å². The zero-order valence-corrected chi connectivity index (χ0v) is 14.5. The highest BCUT2D eigenvalue weighted by molar-refractivity contribution is 5.31. The number of halogens is 3. The van der Waals surface area contributed by atoms with E-state index in [2.05, 4.69) is 20.0 Å². The number of hydrogen-bond acceptors (Lipinski definition) is 4. The number of likely N-dealkylation sites (tertiary alicyclic amines) is 1. The lowest BCUT2D eigenvalue weighted by molar-refractivity contribution is -0.141. The van der Waals surface area contributed by atoms with E-state index >= 15 is 0 Å². The Hall–Kier alpha value is -2.03. The lowest BCUT2D eigenvalue weighted by atomic mass is 9.97. The Morgan fingerprint density at radius 1 is 1.40 bits per heavy atom. The molecular weight excluding hydrogens is 335 g/mol. The summed E-state index contributed by atoms with van der Waals surface area (Å²) in [5.41, 5.74) is 1.13. The molecule has 0 aromatic carbocycles. The molecule has 1 aliphatic heterocycles. The van der Waals surface area contributed by atoms with Crippen LogP contribution in [0, 0.1) is 6.92 Å². The van der Waals surface area contributed by atoms with E-state index < -0.39 is 11.9 Å². The maximum absolute atomic E-state index is 12.8. The largest absolute Gasteiger partial charge is 0.481 e. The molecule has 2 aromatic rings. The Morgan fingerprint density at radius 2 is 2.16 bits per heavy atom. The van der Waals surface area contributed by atoms with Gasteiger partial charge in [0, 0.05) is 26.1 Å². The first kappa shape index (κ1) is 17.8. The highest BCUT2D eigenvalue weighted by Crippen LogP contribution is 2.32. The molecule has 0 bridgehead atoms. The summed E-state index contributed by atoms with van der Waals surface area (Å²) in [6.07, 6.45) is -1.78. The number of methoxy groups -OCH3 is 1. The number of aryl methyl sites for hydroxylation is 2. The molecule has 2 aromatic heterocycles. The first-order valence-corrected chi connectivity index (χ1v) is 8.20. The zero-order valence-electron chi connectivity index (χ0n) is 14.5. The number of aromatic nitrogens is 4. The minimum atomic E-state index is -4.39. The van der Waals surface area contributed by atoms with Crippen molar-refractivity contribution < 1.29 is 17.9 Å². The molecule has 0 aliphatic carbocycles. The normalized spacial score (nSPS) is 19.4. The molecule has 1 N–H and O–H groups in total. The fourth-order valence-corrected chi connectivity index (χ4v) is 3.45. The number of ether oxygens (including phenoxy) is 1. The molecule has 0 saturated carbocycles. The zero-order chi connectivity index (χ0) is 18.2. The van der Waals surface area contributed by atoms with Crippen LogP contribution >= 0.6 is 0 Å². The maximum Gasteiger partial charge on any atom is 0.432 e. The lowest BCUT2D eigenvalue weighted by Gasteiger charge is -2.31. The number of alkyl halides is 3. The van der Waals surface area contributed by atoms with Crippen LogP contribution in [0.3, 0.4) is 0 Å². The van der Waals surface area contributed by atoms with Gasteiger partial charge >= 0.3 is 6.18 Å². The van der Waals surface area contributed by atoms with Gasteiger partial charge in [-0.2, -0.15) is 18.3 Å². The molecule has 9 heteroatoms. The topological polar surface area (TPSA) is 59.0 Å². The first-order chi connectivity index (χ1) is 11.8. The molecule has 3 heterocycles. The monoisotopic (exact) mass is 357 g/mol. The summed E-state index contributed by atoms with van der Waals surface area (Å²) in [6, 6.07) is 0. The molecule has 0 radical (unpaired) electrons. The summed E-state index contributed by atoms with van der Waals surface area (Å²) in [7, 11) is 3.44. The SMILES string of the molecule is COc1c(CN2CCC[C@H](c3ncc(C(F)(F)F)[nH]3)C2)c(C)nn1C. The number of aromatic amines is 1. The van der Waals surface area contributed by atoms with Crippen molar-refractivity contribution in [1.29, 1.82) is 0 Å². The molecule has 25 heavy (non-hydrogen) atoms. The van der Waals surface area contributed by atoms with Gasteiger partial charge in [-0.1, -0.05) is 0 Å². The number of nitrogens with one attached hydrogen (secondary N) is 1. The Kier molecular flexibility index (Phi) is 4.77. The van der Waals surface area contributed by atoms with Crippen LogP contribution in [0.4, 0.5) is 13.2 Å². The molecule has 0 amide bonds. The molecule has 3 rings (SSSR count). The van der Waals surface area contributed by atoms with Crippen LogP contribution in [-0.2, 0) is 19.8 Å². The van der Waals surface area contributed by atoms with Crippen molar-refractivity contribution in [2.45, 2.75) is 38.4 Å². The van der Waals surface area contributed by atoms with E-state index in [1.165, 1.54) is 0 Å². The van der Waals surface area contributed by atoms with Gasteiger partial charge < -0.3 is 9.72 Å². The van der Waals surface area contributed by atoms with Crippen molar-refractivity contribution in [3.05, 3.63) is 29.0 Å². The van der Waals surface area contributed by atoms with Crippen molar-refractivity contribution in [3.8, 4) is 5.88 Å². The highest BCUT2D eigenvalue weighted by atomic mass is 19.4. The fourth-order valence-electron chi connectivity index (χ4n) is 3.45. The molecular formula is C16H22F3N5O. The van der Waals surface area contributed by atoms with Gasteiger partial charge in [-0.3, -0.25) is 4.90 Å². The number of piperidine rings is 1. The van der Waals surface area contributed by atoms with E-state index in [0.717, 1.165) is 42.7 Å². The van der Waals surface area contributed by atoms with Crippen molar-refractivity contribution in [2.75, 3.05) is 20.2 Å². The van der Waals surface area contributed by atoms with Crippen LogP contribution in [0.1, 0.15) is 41.5 Å². The predicted molar refractivity (Wildman–Crippen MR) is 85.3 cm³/mol. The Morgan fingerprint density at radius 3 is 2.80 bits per heavy atom. The number of nitrogens with zero attached hydrogens (tertiary/aromatic N) is 4. The molecule has 1 atom stereocenters. The van der Waals surface area contributed by atoms with Gasteiger partial charge in [0.25, 0.3) is 0 Å². The van der Waals surface area contributed by atoms with Crippen LogP contribution in [0.2, 0.25) is 0 Å². The number of hydrogen-bond donors (Lipinski definition) is 1. The smallest absolute Gasteiger partial charge is 0.432 e. The number of H-pyrrole nitrogens is 1. The third-order valence-electron chi connectivity index (χ3n) is 4.66. The van der Waals surface area contributed by atoms with Crippen LogP contribution in [0.5, 0.6) is 5.88 Å². The van der Waals surface area contributed by atoms with E-state index in [-0.39, 0.29) is 5.92 Å². The summed E-state index contributed by atoms with van der Waals surface area (Å²) in [6.45, 7) is 4.14. The van der Waals surface area contributed by atoms with Gasteiger partial charge in [0.1, 0.15) is 11.5 Å². The van der Waals surface area contributed by atoms with Gasteiger partial charge in [-0.15, -0.1) is 0 Å².